The fourth-order valence-corrected chi connectivity index (χ4v) is 3.38. The van der Waals surface area contributed by atoms with Crippen LogP contribution in [0.3, 0.4) is 0 Å². The van der Waals surface area contributed by atoms with Gasteiger partial charge in [-0.3, -0.25) is 9.59 Å². The van der Waals surface area contributed by atoms with E-state index in [0.717, 1.165) is 40.5 Å². The summed E-state index contributed by atoms with van der Waals surface area (Å²) in [7, 11) is 0. The molecular weight excluding hydrogens is 391 g/mol. The number of benzene rings is 1. The number of aryl methyl sites for hydroxylation is 1. The molecule has 1 aromatic carbocycles. The molecular formula is C17H23IN2O2. The number of carbonyl (C=O) groups excluding carboxylic acids is 2. The minimum absolute atomic E-state index is 0.0718. The lowest BCUT2D eigenvalue weighted by atomic mass is 10.0. The Balaban J connectivity index is 2.04. The van der Waals surface area contributed by atoms with Gasteiger partial charge in [0.2, 0.25) is 5.91 Å². The summed E-state index contributed by atoms with van der Waals surface area (Å²) in [6.45, 7) is 5.39. The molecule has 22 heavy (non-hydrogen) atoms. The quantitative estimate of drug-likeness (QED) is 0.770. The molecule has 0 radical (unpaired) electrons. The molecule has 2 rings (SSSR count). The number of halogens is 1. The zero-order valence-electron chi connectivity index (χ0n) is 13.2. The second kappa shape index (κ2) is 7.94. The van der Waals surface area contributed by atoms with Crippen LogP contribution in [0.1, 0.15) is 48.5 Å². The standard InChI is InChI=1S/C17H23IN2O2/c1-3-6-15(21)19-13-8-5-10-20(11-13)17(22)14-9-4-7-12(2)16(14)18/h4,7,9,13H,3,5-6,8,10-11H2,1-2H3,(H,19,21). The van der Waals surface area contributed by atoms with Gasteiger partial charge < -0.3 is 10.2 Å². The summed E-state index contributed by atoms with van der Waals surface area (Å²) in [5, 5.41) is 3.05. The number of carbonyl (C=O) groups is 2. The molecule has 1 heterocycles. The molecule has 1 saturated heterocycles. The SMILES string of the molecule is CCCC(=O)NC1CCCN(C(=O)c2cccc(C)c2I)C1. The van der Waals surface area contributed by atoms with Gasteiger partial charge in [0.05, 0.1) is 5.56 Å². The number of hydrogen-bond acceptors (Lipinski definition) is 2. The lowest BCUT2D eigenvalue weighted by Crippen LogP contribution is -2.49. The van der Waals surface area contributed by atoms with E-state index >= 15 is 0 Å². The predicted octanol–water partition coefficient (Wildman–Crippen LogP) is 3.12. The Kier molecular flexibility index (Phi) is 6.23. The zero-order chi connectivity index (χ0) is 16.1. The minimum atomic E-state index is 0.0718. The Labute approximate surface area is 145 Å². The van der Waals surface area contributed by atoms with E-state index in [9.17, 15) is 9.59 Å². The monoisotopic (exact) mass is 414 g/mol. The Morgan fingerprint density at radius 1 is 1.41 bits per heavy atom. The number of nitrogens with zero attached hydrogens (tertiary/aromatic N) is 1. The van der Waals surface area contributed by atoms with Gasteiger partial charge in [-0.2, -0.15) is 0 Å². The summed E-state index contributed by atoms with van der Waals surface area (Å²) in [6.07, 6.45) is 3.29. The third-order valence-corrected chi connectivity index (χ3v) is 5.40. The predicted molar refractivity (Wildman–Crippen MR) is 95.9 cm³/mol. The van der Waals surface area contributed by atoms with Gasteiger partial charge in [0.15, 0.2) is 0 Å². The highest BCUT2D eigenvalue weighted by Gasteiger charge is 2.26. The third kappa shape index (κ3) is 4.21. The molecule has 1 fully saturated rings. The van der Waals surface area contributed by atoms with Gasteiger partial charge in [0, 0.05) is 29.1 Å². The van der Waals surface area contributed by atoms with Crippen LogP contribution >= 0.6 is 22.6 Å². The van der Waals surface area contributed by atoms with Crippen molar-refractivity contribution >= 4 is 34.4 Å². The van der Waals surface area contributed by atoms with Gasteiger partial charge in [-0.05, 0) is 60.4 Å². The second-order valence-electron chi connectivity index (χ2n) is 5.84. The van der Waals surface area contributed by atoms with E-state index in [4.69, 9.17) is 0 Å². The van der Waals surface area contributed by atoms with Crippen LogP contribution in [-0.4, -0.2) is 35.8 Å². The van der Waals surface area contributed by atoms with Crippen LogP contribution in [0.2, 0.25) is 0 Å². The van der Waals surface area contributed by atoms with Crippen molar-refractivity contribution in [2.45, 2.75) is 45.6 Å². The van der Waals surface area contributed by atoms with Crippen molar-refractivity contribution in [1.82, 2.24) is 10.2 Å². The van der Waals surface area contributed by atoms with Crippen molar-refractivity contribution in [1.29, 1.82) is 0 Å². The van der Waals surface area contributed by atoms with Crippen LogP contribution in [-0.2, 0) is 4.79 Å². The molecule has 1 atom stereocenters. The van der Waals surface area contributed by atoms with Gasteiger partial charge >= 0.3 is 0 Å². The highest BCUT2D eigenvalue weighted by molar-refractivity contribution is 14.1. The summed E-state index contributed by atoms with van der Waals surface area (Å²) >= 11 is 2.24. The van der Waals surface area contributed by atoms with Crippen molar-refractivity contribution in [3.05, 3.63) is 32.9 Å². The first-order chi connectivity index (χ1) is 10.5. The fourth-order valence-electron chi connectivity index (χ4n) is 2.79. The number of piperidine rings is 1. The van der Waals surface area contributed by atoms with Crippen LogP contribution < -0.4 is 5.32 Å². The van der Waals surface area contributed by atoms with E-state index in [1.54, 1.807) is 0 Å². The summed E-state index contributed by atoms with van der Waals surface area (Å²) in [6, 6.07) is 5.91. The Morgan fingerprint density at radius 2 is 2.18 bits per heavy atom. The molecule has 1 aromatic rings. The van der Waals surface area contributed by atoms with Crippen molar-refractivity contribution in [3.63, 3.8) is 0 Å². The summed E-state index contributed by atoms with van der Waals surface area (Å²) in [4.78, 5) is 26.4. The van der Waals surface area contributed by atoms with Crippen LogP contribution in [0, 0.1) is 10.5 Å². The Hall–Kier alpha value is -1.11. The summed E-state index contributed by atoms with van der Waals surface area (Å²) in [5.41, 5.74) is 1.89. The number of likely N-dealkylation sites (tertiary alicyclic amines) is 1. The molecule has 0 saturated carbocycles. The van der Waals surface area contributed by atoms with Gasteiger partial charge in [-0.25, -0.2) is 0 Å². The first-order valence-electron chi connectivity index (χ1n) is 7.86. The molecule has 1 unspecified atom stereocenters. The van der Waals surface area contributed by atoms with Crippen LogP contribution in [0.25, 0.3) is 0 Å². The van der Waals surface area contributed by atoms with Crippen LogP contribution in [0.15, 0.2) is 18.2 Å². The minimum Gasteiger partial charge on any atom is -0.352 e. The summed E-state index contributed by atoms with van der Waals surface area (Å²) in [5.74, 6) is 0.162. The van der Waals surface area contributed by atoms with Gasteiger partial charge in [0.1, 0.15) is 0 Å². The maximum Gasteiger partial charge on any atom is 0.255 e. The van der Waals surface area contributed by atoms with Crippen molar-refractivity contribution in [2.75, 3.05) is 13.1 Å². The van der Waals surface area contributed by atoms with E-state index < -0.39 is 0 Å². The van der Waals surface area contributed by atoms with Crippen molar-refractivity contribution in [3.8, 4) is 0 Å². The van der Waals surface area contributed by atoms with E-state index in [2.05, 4.69) is 27.9 Å². The topological polar surface area (TPSA) is 49.4 Å². The lowest BCUT2D eigenvalue weighted by Gasteiger charge is -2.33. The molecule has 2 amide bonds. The first-order valence-corrected chi connectivity index (χ1v) is 8.94. The normalized spacial score (nSPS) is 18.1. The van der Waals surface area contributed by atoms with E-state index in [1.165, 1.54) is 0 Å². The van der Waals surface area contributed by atoms with E-state index in [0.29, 0.717) is 13.0 Å². The number of hydrogen-bond donors (Lipinski definition) is 1. The lowest BCUT2D eigenvalue weighted by molar-refractivity contribution is -0.122. The molecule has 0 spiro atoms. The fraction of sp³-hybridized carbons (Fsp3) is 0.529. The molecule has 4 nitrogen and oxygen atoms in total. The highest BCUT2D eigenvalue weighted by atomic mass is 127. The number of nitrogens with one attached hydrogen (secondary N) is 1. The summed E-state index contributed by atoms with van der Waals surface area (Å²) < 4.78 is 1.02. The highest BCUT2D eigenvalue weighted by Crippen LogP contribution is 2.20. The molecule has 0 aliphatic carbocycles. The number of rotatable bonds is 4. The van der Waals surface area contributed by atoms with Gasteiger partial charge in [-0.15, -0.1) is 0 Å². The third-order valence-electron chi connectivity index (χ3n) is 3.97. The Bertz CT molecular complexity index is 560. The van der Waals surface area contributed by atoms with E-state index in [1.807, 2.05) is 36.9 Å². The molecule has 1 aliphatic rings. The average molecular weight is 414 g/mol. The Morgan fingerprint density at radius 3 is 2.91 bits per heavy atom. The average Bonchev–Trinajstić information content (AvgIpc) is 2.50. The molecule has 1 aliphatic heterocycles. The maximum absolute atomic E-state index is 12.7. The largest absolute Gasteiger partial charge is 0.352 e. The molecule has 5 heteroatoms. The van der Waals surface area contributed by atoms with Crippen molar-refractivity contribution in [2.24, 2.45) is 0 Å². The zero-order valence-corrected chi connectivity index (χ0v) is 15.4. The van der Waals surface area contributed by atoms with Crippen LogP contribution in [0.4, 0.5) is 0 Å². The second-order valence-corrected chi connectivity index (χ2v) is 6.92. The first kappa shape index (κ1) is 17.2. The van der Waals surface area contributed by atoms with Crippen LogP contribution in [0.5, 0.6) is 0 Å². The number of amides is 2. The van der Waals surface area contributed by atoms with Crippen molar-refractivity contribution < 1.29 is 9.59 Å². The molecule has 0 aromatic heterocycles. The van der Waals surface area contributed by atoms with Gasteiger partial charge in [0.25, 0.3) is 5.91 Å². The maximum atomic E-state index is 12.7. The van der Waals surface area contributed by atoms with Gasteiger partial charge in [-0.1, -0.05) is 19.1 Å². The molecule has 0 bridgehead atoms. The van der Waals surface area contributed by atoms with E-state index in [-0.39, 0.29) is 17.9 Å². The smallest absolute Gasteiger partial charge is 0.255 e. The molecule has 120 valence electrons. The molecule has 1 N–H and O–H groups in total.